The zero-order chi connectivity index (χ0) is 37.4. The van der Waals surface area contributed by atoms with E-state index in [1.807, 2.05) is 6.07 Å². The van der Waals surface area contributed by atoms with Crippen molar-refractivity contribution in [3.63, 3.8) is 0 Å². The first-order chi connectivity index (χ1) is 23.7. The number of hydrogen-bond acceptors (Lipinski definition) is 7. The highest BCUT2D eigenvalue weighted by Crippen LogP contribution is 2.75. The number of carboxylic acids is 1. The first-order valence-electron chi connectivity index (χ1n) is 18.9. The molecule has 4 fully saturated rings. The number of aromatic hydroxyl groups is 1. The Hall–Kier alpha value is -3.36. The summed E-state index contributed by atoms with van der Waals surface area (Å²) in [4.78, 5) is 24.5. The lowest BCUT2D eigenvalue weighted by molar-refractivity contribution is -0.218. The average molecular weight is 702 g/mol. The van der Waals surface area contributed by atoms with Crippen molar-refractivity contribution in [2.24, 2.45) is 50.2 Å². The molecule has 8 heteroatoms. The standard InChI is InChI=1S/C30H48O4.C13H11NO3/c1-25(2)14-15-30(24(33)34)19(16-25)18-8-9-21-27(5)12-11-22(31)26(3,4)20(27)10-13-28(21,6)29(18,7)17-23(30)32;14-9-6-7-11(12(15)8-9)13(16)17-10-4-2-1-3-5-10/h8,19-23,31-32H,9-17H2,1-7H3,(H,33,34);1-8,15H,14H2. The summed E-state index contributed by atoms with van der Waals surface area (Å²) in [7, 11) is 0. The molecule has 9 unspecified atom stereocenters. The van der Waals surface area contributed by atoms with Crippen LogP contribution in [0.4, 0.5) is 5.69 Å². The summed E-state index contributed by atoms with van der Waals surface area (Å²) in [5.74, 6) is -0.292. The molecule has 6 N–H and O–H groups in total. The number of rotatable bonds is 3. The third-order valence-corrected chi connectivity index (χ3v) is 15.3. The summed E-state index contributed by atoms with van der Waals surface area (Å²) in [6.07, 6.45) is 9.35. The predicted molar refractivity (Wildman–Crippen MR) is 198 cm³/mol. The number of aliphatic hydroxyl groups is 2. The molecule has 9 atom stereocenters. The molecule has 2 aromatic rings. The summed E-state index contributed by atoms with van der Waals surface area (Å²) in [6.45, 7) is 16.4. The average Bonchev–Trinajstić information content (AvgIpc) is 3.04. The number of allylic oxidation sites excluding steroid dienone is 2. The maximum Gasteiger partial charge on any atom is 0.347 e. The molecule has 0 saturated heterocycles. The van der Waals surface area contributed by atoms with Gasteiger partial charge in [0.05, 0.1) is 12.2 Å². The second-order valence-corrected chi connectivity index (χ2v) is 18.6. The minimum absolute atomic E-state index is 0.0218. The smallest absolute Gasteiger partial charge is 0.347 e. The van der Waals surface area contributed by atoms with E-state index in [4.69, 9.17) is 10.5 Å². The number of nitrogens with two attached hydrogens (primary N) is 1. The lowest BCUT2D eigenvalue weighted by Gasteiger charge is -2.71. The summed E-state index contributed by atoms with van der Waals surface area (Å²) < 4.78 is 5.08. The number of para-hydroxylation sites is 1. The maximum absolute atomic E-state index is 12.8. The van der Waals surface area contributed by atoms with Crippen LogP contribution >= 0.6 is 0 Å². The Labute approximate surface area is 303 Å². The van der Waals surface area contributed by atoms with Crippen molar-refractivity contribution in [3.8, 4) is 11.5 Å². The highest BCUT2D eigenvalue weighted by molar-refractivity contribution is 5.94. The van der Waals surface area contributed by atoms with Crippen LogP contribution in [-0.4, -0.2) is 44.6 Å². The molecule has 0 heterocycles. The quantitative estimate of drug-likeness (QED) is 0.0927. The molecule has 51 heavy (non-hydrogen) atoms. The summed E-state index contributed by atoms with van der Waals surface area (Å²) in [5, 5.41) is 42.6. The predicted octanol–water partition coefficient (Wildman–Crippen LogP) is 8.40. The molecule has 0 aliphatic heterocycles. The van der Waals surface area contributed by atoms with E-state index in [1.165, 1.54) is 23.8 Å². The number of ether oxygens (including phenoxy) is 1. The van der Waals surface area contributed by atoms with E-state index >= 15 is 0 Å². The molecule has 5 aliphatic rings. The van der Waals surface area contributed by atoms with Crippen LogP contribution < -0.4 is 10.5 Å². The molecule has 0 radical (unpaired) electrons. The Kier molecular flexibility index (Phi) is 9.28. The van der Waals surface area contributed by atoms with Crippen molar-refractivity contribution in [2.45, 2.75) is 118 Å². The Bertz CT molecular complexity index is 1700. The molecular formula is C43H59NO7. The first-order valence-corrected chi connectivity index (χ1v) is 18.9. The Balaban J connectivity index is 0.000000221. The molecule has 4 saturated carbocycles. The number of carbonyl (C=O) groups excluding carboxylic acids is 1. The van der Waals surface area contributed by atoms with Crippen molar-refractivity contribution < 1.29 is 34.8 Å². The van der Waals surface area contributed by atoms with Crippen molar-refractivity contribution >= 4 is 17.6 Å². The van der Waals surface area contributed by atoms with Crippen molar-refractivity contribution in [1.29, 1.82) is 0 Å². The first kappa shape index (κ1) is 37.4. The van der Waals surface area contributed by atoms with Gasteiger partial charge < -0.3 is 30.9 Å². The SMILES string of the molecule is CC1(C)CCC2(C(=O)O)C(O)CC3(C)C(=CCC4C5(C)CCC(O)C(C)(C)C5CCC43C)C2C1.Nc1ccc(C(=O)Oc2ccccc2)c(O)c1. The molecular weight excluding hydrogens is 642 g/mol. The minimum atomic E-state index is -1.04. The van der Waals surface area contributed by atoms with Gasteiger partial charge in [0.25, 0.3) is 0 Å². The fourth-order valence-corrected chi connectivity index (χ4v) is 12.1. The summed E-state index contributed by atoms with van der Waals surface area (Å²) >= 11 is 0. The fourth-order valence-electron chi connectivity index (χ4n) is 12.1. The molecule has 0 amide bonds. The van der Waals surface area contributed by atoms with Gasteiger partial charge in [-0.05, 0) is 127 Å². The molecule has 7 rings (SSSR count). The van der Waals surface area contributed by atoms with E-state index in [-0.39, 0.29) is 50.4 Å². The number of aliphatic hydroxyl groups excluding tert-OH is 2. The van der Waals surface area contributed by atoms with Gasteiger partial charge in [-0.2, -0.15) is 0 Å². The maximum atomic E-state index is 12.8. The number of phenolic OH excluding ortho intramolecular Hbond substituents is 1. The zero-order valence-electron chi connectivity index (χ0n) is 31.5. The minimum Gasteiger partial charge on any atom is -0.507 e. The molecule has 5 aliphatic carbocycles. The van der Waals surface area contributed by atoms with Crippen LogP contribution in [-0.2, 0) is 4.79 Å². The van der Waals surface area contributed by atoms with Crippen LogP contribution in [0.5, 0.6) is 11.5 Å². The van der Waals surface area contributed by atoms with Gasteiger partial charge in [0, 0.05) is 11.8 Å². The van der Waals surface area contributed by atoms with E-state index in [0.717, 1.165) is 44.9 Å². The van der Waals surface area contributed by atoms with Gasteiger partial charge in [0.2, 0.25) is 0 Å². The van der Waals surface area contributed by atoms with Gasteiger partial charge in [-0.1, -0.05) is 78.3 Å². The number of fused-ring (bicyclic) bond motifs is 7. The molecule has 278 valence electrons. The van der Waals surface area contributed by atoms with Gasteiger partial charge in [-0.3, -0.25) is 4.79 Å². The highest BCUT2D eigenvalue weighted by Gasteiger charge is 2.71. The van der Waals surface area contributed by atoms with E-state index in [9.17, 15) is 30.0 Å². The largest absolute Gasteiger partial charge is 0.507 e. The Morgan fingerprint density at radius 1 is 0.824 bits per heavy atom. The van der Waals surface area contributed by atoms with Crippen LogP contribution in [0.25, 0.3) is 0 Å². The van der Waals surface area contributed by atoms with Crippen LogP contribution in [0, 0.1) is 50.2 Å². The number of nitrogen functional groups attached to an aromatic ring is 1. The van der Waals surface area contributed by atoms with Gasteiger partial charge in [0.15, 0.2) is 0 Å². The number of esters is 1. The summed E-state index contributed by atoms with van der Waals surface area (Å²) in [5.41, 5.74) is 6.24. The molecule has 0 spiro atoms. The van der Waals surface area contributed by atoms with Crippen LogP contribution in [0.1, 0.15) is 117 Å². The van der Waals surface area contributed by atoms with E-state index in [2.05, 4.69) is 54.5 Å². The van der Waals surface area contributed by atoms with E-state index in [1.54, 1.807) is 24.3 Å². The second kappa shape index (κ2) is 12.6. The lowest BCUT2D eigenvalue weighted by atomic mass is 9.33. The second-order valence-electron chi connectivity index (χ2n) is 18.6. The number of carboxylic acid groups (broad SMARTS) is 1. The van der Waals surface area contributed by atoms with E-state index < -0.39 is 23.5 Å². The summed E-state index contributed by atoms with van der Waals surface area (Å²) in [6, 6.07) is 12.9. The van der Waals surface area contributed by atoms with Crippen molar-refractivity contribution in [3.05, 3.63) is 65.7 Å². The third kappa shape index (κ3) is 5.80. The van der Waals surface area contributed by atoms with Crippen LogP contribution in [0.2, 0.25) is 0 Å². The van der Waals surface area contributed by atoms with Crippen molar-refractivity contribution in [1.82, 2.24) is 0 Å². The molecule has 0 aromatic heterocycles. The fraction of sp³-hybridized carbons (Fsp3) is 0.628. The zero-order valence-corrected chi connectivity index (χ0v) is 31.5. The Morgan fingerprint density at radius 3 is 2.16 bits per heavy atom. The molecule has 2 aromatic carbocycles. The van der Waals surface area contributed by atoms with Gasteiger partial charge in [0.1, 0.15) is 22.5 Å². The van der Waals surface area contributed by atoms with E-state index in [0.29, 0.717) is 36.1 Å². The topological polar surface area (TPSA) is 150 Å². The number of anilines is 1. The van der Waals surface area contributed by atoms with Crippen LogP contribution in [0.15, 0.2) is 60.2 Å². The van der Waals surface area contributed by atoms with Crippen molar-refractivity contribution in [2.75, 3.05) is 5.73 Å². The van der Waals surface area contributed by atoms with Crippen LogP contribution in [0.3, 0.4) is 0 Å². The molecule has 0 bridgehead atoms. The number of carbonyl (C=O) groups is 2. The number of benzene rings is 2. The lowest BCUT2D eigenvalue weighted by Crippen LogP contribution is -2.67. The Morgan fingerprint density at radius 2 is 1.51 bits per heavy atom. The monoisotopic (exact) mass is 701 g/mol. The van der Waals surface area contributed by atoms with Gasteiger partial charge >= 0.3 is 11.9 Å². The normalized spacial score (nSPS) is 38.9. The number of aliphatic carboxylic acids is 1. The number of hydrogen-bond donors (Lipinski definition) is 5. The third-order valence-electron chi connectivity index (χ3n) is 15.3. The van der Waals surface area contributed by atoms with Gasteiger partial charge in [-0.15, -0.1) is 0 Å². The molecule has 8 nitrogen and oxygen atoms in total. The highest BCUT2D eigenvalue weighted by atomic mass is 16.5. The number of phenols is 1. The van der Waals surface area contributed by atoms with Gasteiger partial charge in [-0.25, -0.2) is 4.79 Å².